The van der Waals surface area contributed by atoms with Crippen LogP contribution in [0.3, 0.4) is 0 Å². The molecule has 90 valence electrons. The topological polar surface area (TPSA) is 18.5 Å². The summed E-state index contributed by atoms with van der Waals surface area (Å²) < 4.78 is 11.3. The van der Waals surface area contributed by atoms with Crippen LogP contribution >= 0.6 is 0 Å². The van der Waals surface area contributed by atoms with Crippen molar-refractivity contribution in [2.75, 3.05) is 0 Å². The van der Waals surface area contributed by atoms with Gasteiger partial charge in [-0.05, 0) is 19.8 Å². The highest BCUT2D eigenvalue weighted by molar-refractivity contribution is 5.28. The zero-order valence-electron chi connectivity index (χ0n) is 10.6. The van der Waals surface area contributed by atoms with E-state index in [0.29, 0.717) is 11.9 Å². The van der Waals surface area contributed by atoms with E-state index < -0.39 is 0 Å². The summed E-state index contributed by atoms with van der Waals surface area (Å²) in [4.78, 5) is 0. The number of rotatable bonds is 6. The first-order valence-electron chi connectivity index (χ1n) is 6.09. The first-order valence-corrected chi connectivity index (χ1v) is 6.09. The molecule has 0 amide bonds. The van der Waals surface area contributed by atoms with Crippen molar-refractivity contribution in [2.45, 2.75) is 52.6 Å². The smallest absolute Gasteiger partial charge is 0.126 e. The monoisotopic (exact) mass is 222 g/mol. The quantitative estimate of drug-likeness (QED) is 0.667. The van der Waals surface area contributed by atoms with Crippen LogP contribution < -0.4 is 0 Å². The molecule has 0 fully saturated rings. The second-order valence-corrected chi connectivity index (χ2v) is 4.16. The first-order chi connectivity index (χ1) is 7.65. The maximum atomic E-state index is 5.93. The van der Waals surface area contributed by atoms with Crippen molar-refractivity contribution < 1.29 is 9.47 Å². The predicted octanol–water partition coefficient (Wildman–Crippen LogP) is 4.30. The fourth-order valence-electron chi connectivity index (χ4n) is 1.71. The largest absolute Gasteiger partial charge is 0.490 e. The Bertz CT molecular complexity index is 300. The molecule has 0 aromatic carbocycles. The van der Waals surface area contributed by atoms with Crippen molar-refractivity contribution in [2.24, 2.45) is 0 Å². The van der Waals surface area contributed by atoms with Gasteiger partial charge in [-0.15, -0.1) is 0 Å². The van der Waals surface area contributed by atoms with Crippen LogP contribution in [0.2, 0.25) is 0 Å². The van der Waals surface area contributed by atoms with Gasteiger partial charge in [-0.3, -0.25) is 0 Å². The molecule has 0 saturated carbocycles. The van der Waals surface area contributed by atoms with Crippen LogP contribution in [-0.2, 0) is 9.47 Å². The Labute approximate surface area is 98.6 Å². The fraction of sp³-hybridized carbons (Fsp3) is 0.571. The van der Waals surface area contributed by atoms with Crippen LogP contribution in [0.15, 0.2) is 36.0 Å². The number of ether oxygens (including phenoxy) is 2. The van der Waals surface area contributed by atoms with Gasteiger partial charge in [0.2, 0.25) is 0 Å². The Morgan fingerprint density at radius 1 is 1.38 bits per heavy atom. The van der Waals surface area contributed by atoms with E-state index >= 15 is 0 Å². The molecule has 2 nitrogen and oxygen atoms in total. The molecule has 1 unspecified atom stereocenters. The summed E-state index contributed by atoms with van der Waals surface area (Å²) in [7, 11) is 0. The van der Waals surface area contributed by atoms with Crippen molar-refractivity contribution in [3.63, 3.8) is 0 Å². The lowest BCUT2D eigenvalue weighted by Crippen LogP contribution is -2.12. The zero-order chi connectivity index (χ0) is 12.0. The van der Waals surface area contributed by atoms with Gasteiger partial charge >= 0.3 is 0 Å². The fourth-order valence-corrected chi connectivity index (χ4v) is 1.71. The van der Waals surface area contributed by atoms with Crippen LogP contribution in [-0.4, -0.2) is 6.10 Å². The number of hydrogen-bond acceptors (Lipinski definition) is 2. The zero-order valence-corrected chi connectivity index (χ0v) is 10.6. The van der Waals surface area contributed by atoms with Crippen LogP contribution in [0.25, 0.3) is 0 Å². The Balaban J connectivity index is 2.54. The van der Waals surface area contributed by atoms with E-state index in [2.05, 4.69) is 20.4 Å². The van der Waals surface area contributed by atoms with E-state index in [1.807, 2.05) is 19.1 Å². The molecule has 1 heterocycles. The van der Waals surface area contributed by atoms with Gasteiger partial charge in [0.1, 0.15) is 17.3 Å². The summed E-state index contributed by atoms with van der Waals surface area (Å²) in [5.41, 5.74) is 0. The molecule has 1 aliphatic rings. The lowest BCUT2D eigenvalue weighted by atomic mass is 10.1. The molecule has 16 heavy (non-hydrogen) atoms. The van der Waals surface area contributed by atoms with Crippen molar-refractivity contribution in [3.8, 4) is 0 Å². The van der Waals surface area contributed by atoms with E-state index in [-0.39, 0.29) is 0 Å². The molecule has 0 aliphatic carbocycles. The number of hydrogen-bond donors (Lipinski definition) is 0. The Morgan fingerprint density at radius 2 is 2.12 bits per heavy atom. The third-order valence-electron chi connectivity index (χ3n) is 2.58. The molecule has 0 N–H and O–H groups in total. The average Bonchev–Trinajstić information content (AvgIpc) is 2.22. The van der Waals surface area contributed by atoms with Gasteiger partial charge in [-0.1, -0.05) is 33.3 Å². The van der Waals surface area contributed by atoms with Gasteiger partial charge in [-0.2, -0.15) is 0 Å². The summed E-state index contributed by atoms with van der Waals surface area (Å²) in [6.07, 6.45) is 8.66. The molecular weight excluding hydrogens is 200 g/mol. The minimum Gasteiger partial charge on any atom is -0.490 e. The summed E-state index contributed by atoms with van der Waals surface area (Å²) in [6, 6.07) is 0. The third-order valence-corrected chi connectivity index (χ3v) is 2.58. The van der Waals surface area contributed by atoms with E-state index in [1.54, 1.807) is 0 Å². The summed E-state index contributed by atoms with van der Waals surface area (Å²) in [5.74, 6) is 2.37. The summed E-state index contributed by atoms with van der Waals surface area (Å²) in [5, 5.41) is 0. The molecule has 0 saturated heterocycles. The van der Waals surface area contributed by atoms with E-state index in [1.165, 1.54) is 12.8 Å². The minimum absolute atomic E-state index is 0.307. The van der Waals surface area contributed by atoms with Gasteiger partial charge in [0, 0.05) is 12.2 Å². The maximum Gasteiger partial charge on any atom is 0.126 e. The lowest BCUT2D eigenvalue weighted by molar-refractivity contribution is 0.107. The van der Waals surface area contributed by atoms with Crippen LogP contribution in [0, 0.1) is 0 Å². The Hall–Kier alpha value is -1.18. The second kappa shape index (κ2) is 6.41. The van der Waals surface area contributed by atoms with Gasteiger partial charge in [0.25, 0.3) is 0 Å². The Kier molecular flexibility index (Phi) is 5.17. The van der Waals surface area contributed by atoms with E-state index in [4.69, 9.17) is 9.47 Å². The number of allylic oxidation sites excluding steroid dienone is 3. The lowest BCUT2D eigenvalue weighted by Gasteiger charge is -2.21. The highest BCUT2D eigenvalue weighted by Gasteiger charge is 2.12. The highest BCUT2D eigenvalue weighted by atomic mass is 16.5. The molecule has 0 aromatic heterocycles. The van der Waals surface area contributed by atoms with Gasteiger partial charge in [-0.25, -0.2) is 0 Å². The Morgan fingerprint density at radius 3 is 2.69 bits per heavy atom. The van der Waals surface area contributed by atoms with Crippen molar-refractivity contribution in [1.82, 2.24) is 0 Å². The summed E-state index contributed by atoms with van der Waals surface area (Å²) >= 11 is 0. The van der Waals surface area contributed by atoms with Crippen LogP contribution in [0.5, 0.6) is 0 Å². The maximum absolute atomic E-state index is 5.93. The van der Waals surface area contributed by atoms with Crippen LogP contribution in [0.4, 0.5) is 0 Å². The average molecular weight is 222 g/mol. The standard InChI is InChI=1S/C14H22O2/c1-5-7-8-13(6-2)16-14-9-11(3)15-12(4)10-14/h9-10,13H,3,5-8H2,1-2,4H3. The molecule has 1 aliphatic heterocycles. The molecule has 0 bridgehead atoms. The van der Waals surface area contributed by atoms with Crippen molar-refractivity contribution in [3.05, 3.63) is 36.0 Å². The van der Waals surface area contributed by atoms with Crippen molar-refractivity contribution >= 4 is 0 Å². The van der Waals surface area contributed by atoms with E-state index in [9.17, 15) is 0 Å². The van der Waals surface area contributed by atoms with Crippen molar-refractivity contribution in [1.29, 1.82) is 0 Å². The second-order valence-electron chi connectivity index (χ2n) is 4.16. The molecule has 1 atom stereocenters. The number of unbranched alkanes of at least 4 members (excludes halogenated alkanes) is 1. The third kappa shape index (κ3) is 4.13. The molecular formula is C14H22O2. The van der Waals surface area contributed by atoms with Gasteiger partial charge < -0.3 is 9.47 Å². The molecule has 0 spiro atoms. The predicted molar refractivity (Wildman–Crippen MR) is 66.8 cm³/mol. The molecule has 1 rings (SSSR count). The first kappa shape index (κ1) is 12.9. The van der Waals surface area contributed by atoms with Gasteiger partial charge in [0.15, 0.2) is 0 Å². The van der Waals surface area contributed by atoms with Gasteiger partial charge in [0.05, 0.1) is 6.10 Å². The highest BCUT2D eigenvalue weighted by Crippen LogP contribution is 2.21. The molecule has 2 heteroatoms. The van der Waals surface area contributed by atoms with E-state index in [0.717, 1.165) is 24.4 Å². The molecule has 0 radical (unpaired) electrons. The summed E-state index contributed by atoms with van der Waals surface area (Å²) in [6.45, 7) is 10.1. The van der Waals surface area contributed by atoms with Crippen LogP contribution in [0.1, 0.15) is 46.5 Å². The molecule has 0 aromatic rings. The normalized spacial score (nSPS) is 17.3. The minimum atomic E-state index is 0.307. The SMILES string of the molecule is C=C1C=C(OC(CC)CCCC)C=C(C)O1.